The second-order valence-corrected chi connectivity index (χ2v) is 4.80. The van der Waals surface area contributed by atoms with Gasteiger partial charge in [-0.1, -0.05) is 0 Å². The number of hydrogen-bond acceptors (Lipinski definition) is 3. The molecule has 0 radical (unpaired) electrons. The molecule has 1 heterocycles. The summed E-state index contributed by atoms with van der Waals surface area (Å²) in [6.07, 6.45) is -0.793. The van der Waals surface area contributed by atoms with Gasteiger partial charge >= 0.3 is 12.1 Å². The predicted molar refractivity (Wildman–Crippen MR) is 53.6 cm³/mol. The van der Waals surface area contributed by atoms with E-state index in [0.717, 1.165) is 0 Å². The van der Waals surface area contributed by atoms with Crippen molar-refractivity contribution in [3.05, 3.63) is 0 Å². The second-order valence-electron chi connectivity index (χ2n) is 4.80. The standard InChI is InChI=1S/C10H16FNO4/c1-9(2,3)16-8(15)12-6-4-5-10(12,11)7(13)14/h4-6H2,1-3H3,(H,13,14)/t10-/m1/s1. The zero-order valence-corrected chi connectivity index (χ0v) is 9.62. The molecule has 0 aliphatic carbocycles. The SMILES string of the molecule is CC(C)(C)OC(=O)N1CCC[C@]1(F)C(=O)O. The van der Waals surface area contributed by atoms with E-state index in [2.05, 4.69) is 0 Å². The van der Waals surface area contributed by atoms with Crippen molar-refractivity contribution < 1.29 is 23.8 Å². The minimum atomic E-state index is -2.62. The molecule has 0 bridgehead atoms. The Bertz CT molecular complexity index is 312. The molecular weight excluding hydrogens is 217 g/mol. The van der Waals surface area contributed by atoms with Gasteiger partial charge in [0.05, 0.1) is 0 Å². The van der Waals surface area contributed by atoms with Crippen LogP contribution in [0, 0.1) is 0 Å². The zero-order valence-electron chi connectivity index (χ0n) is 9.62. The van der Waals surface area contributed by atoms with Gasteiger partial charge in [0.15, 0.2) is 0 Å². The van der Waals surface area contributed by atoms with Crippen LogP contribution >= 0.6 is 0 Å². The van der Waals surface area contributed by atoms with Crippen molar-refractivity contribution in [3.8, 4) is 0 Å². The molecule has 1 saturated heterocycles. The number of carbonyl (C=O) groups excluding carboxylic acids is 1. The van der Waals surface area contributed by atoms with Crippen LogP contribution in [0.5, 0.6) is 0 Å². The predicted octanol–water partition coefficient (Wildman–Crippen LogP) is 1.77. The van der Waals surface area contributed by atoms with E-state index in [9.17, 15) is 14.0 Å². The fourth-order valence-electron chi connectivity index (χ4n) is 1.56. The summed E-state index contributed by atoms with van der Waals surface area (Å²) in [5.41, 5.74) is -0.765. The molecular formula is C10H16FNO4. The fraction of sp³-hybridized carbons (Fsp3) is 0.800. The number of carboxylic acids is 1. The van der Waals surface area contributed by atoms with Crippen LogP contribution in [0.25, 0.3) is 0 Å². The van der Waals surface area contributed by atoms with Crippen molar-refractivity contribution in [1.82, 2.24) is 4.90 Å². The maximum Gasteiger partial charge on any atom is 0.413 e. The first-order valence-electron chi connectivity index (χ1n) is 5.10. The van der Waals surface area contributed by atoms with Crippen molar-refractivity contribution in [3.63, 3.8) is 0 Å². The number of ether oxygens (including phenoxy) is 1. The number of nitrogens with zero attached hydrogens (tertiary/aromatic N) is 1. The average Bonchev–Trinajstić information content (AvgIpc) is 2.45. The molecule has 6 heteroatoms. The van der Waals surface area contributed by atoms with Crippen molar-refractivity contribution in [2.45, 2.75) is 45.0 Å². The molecule has 1 fully saturated rings. The number of alkyl halides is 1. The fourth-order valence-corrected chi connectivity index (χ4v) is 1.56. The molecule has 5 nitrogen and oxygen atoms in total. The first-order chi connectivity index (χ1) is 7.17. The Morgan fingerprint density at radius 2 is 2.00 bits per heavy atom. The quantitative estimate of drug-likeness (QED) is 0.701. The van der Waals surface area contributed by atoms with E-state index in [0.29, 0.717) is 11.3 Å². The van der Waals surface area contributed by atoms with Gasteiger partial charge in [0, 0.05) is 13.0 Å². The van der Waals surface area contributed by atoms with E-state index in [1.807, 2.05) is 0 Å². The highest BCUT2D eigenvalue weighted by Crippen LogP contribution is 2.32. The summed E-state index contributed by atoms with van der Waals surface area (Å²) >= 11 is 0. The van der Waals surface area contributed by atoms with Crippen LogP contribution in [0.1, 0.15) is 33.6 Å². The van der Waals surface area contributed by atoms with Gasteiger partial charge in [0.2, 0.25) is 0 Å². The highest BCUT2D eigenvalue weighted by atomic mass is 19.1. The van der Waals surface area contributed by atoms with Crippen LogP contribution in [-0.2, 0) is 9.53 Å². The Balaban J connectivity index is 2.80. The van der Waals surface area contributed by atoms with Gasteiger partial charge in [-0.2, -0.15) is 0 Å². The second kappa shape index (κ2) is 3.92. The lowest BCUT2D eigenvalue weighted by atomic mass is 10.2. The Morgan fingerprint density at radius 1 is 1.44 bits per heavy atom. The number of carboxylic acid groups (broad SMARTS) is 1. The highest BCUT2D eigenvalue weighted by Gasteiger charge is 2.52. The minimum Gasteiger partial charge on any atom is -0.477 e. The van der Waals surface area contributed by atoms with Gasteiger partial charge in [0.25, 0.3) is 5.79 Å². The zero-order chi connectivity index (χ0) is 12.6. The van der Waals surface area contributed by atoms with E-state index < -0.39 is 23.5 Å². The molecule has 0 saturated carbocycles. The summed E-state index contributed by atoms with van der Waals surface area (Å²) in [5, 5.41) is 8.77. The number of amides is 1. The van der Waals surface area contributed by atoms with Crippen LogP contribution in [0.15, 0.2) is 0 Å². The monoisotopic (exact) mass is 233 g/mol. The van der Waals surface area contributed by atoms with Gasteiger partial charge in [-0.15, -0.1) is 0 Å². The minimum absolute atomic E-state index is 0.0672. The molecule has 0 unspecified atom stereocenters. The first-order valence-corrected chi connectivity index (χ1v) is 5.10. The van der Waals surface area contributed by atoms with Crippen LogP contribution in [0.2, 0.25) is 0 Å². The lowest BCUT2D eigenvalue weighted by Crippen LogP contribution is -2.51. The summed E-state index contributed by atoms with van der Waals surface area (Å²) in [6.45, 7) is 4.99. The molecule has 92 valence electrons. The Kier molecular flexibility index (Phi) is 3.12. The third-order valence-corrected chi connectivity index (χ3v) is 2.26. The molecule has 1 aliphatic rings. The molecule has 0 aromatic rings. The number of rotatable bonds is 1. The summed E-state index contributed by atoms with van der Waals surface area (Å²) in [5.74, 6) is -4.27. The average molecular weight is 233 g/mol. The molecule has 0 aromatic carbocycles. The molecule has 0 spiro atoms. The van der Waals surface area contributed by atoms with Crippen LogP contribution in [0.4, 0.5) is 9.18 Å². The molecule has 1 amide bonds. The third kappa shape index (κ3) is 2.43. The van der Waals surface area contributed by atoms with Crippen LogP contribution in [0.3, 0.4) is 0 Å². The largest absolute Gasteiger partial charge is 0.477 e. The highest BCUT2D eigenvalue weighted by molar-refractivity contribution is 5.83. The third-order valence-electron chi connectivity index (χ3n) is 2.26. The molecule has 1 rings (SSSR count). The van der Waals surface area contributed by atoms with Crippen molar-refractivity contribution in [1.29, 1.82) is 0 Å². The van der Waals surface area contributed by atoms with Gasteiger partial charge in [-0.25, -0.2) is 14.0 Å². The smallest absolute Gasteiger partial charge is 0.413 e. The van der Waals surface area contributed by atoms with E-state index in [1.165, 1.54) is 0 Å². The van der Waals surface area contributed by atoms with Crippen molar-refractivity contribution in [2.75, 3.05) is 6.54 Å². The maximum absolute atomic E-state index is 14.0. The Hall–Kier alpha value is -1.33. The van der Waals surface area contributed by atoms with E-state index in [-0.39, 0.29) is 13.0 Å². The lowest BCUT2D eigenvalue weighted by Gasteiger charge is -2.30. The molecule has 1 atom stereocenters. The maximum atomic E-state index is 14.0. The lowest BCUT2D eigenvalue weighted by molar-refractivity contribution is -0.161. The number of hydrogen-bond donors (Lipinski definition) is 1. The Morgan fingerprint density at radius 3 is 2.44 bits per heavy atom. The number of likely N-dealkylation sites (tertiary alicyclic amines) is 1. The summed E-state index contributed by atoms with van der Waals surface area (Å²) in [7, 11) is 0. The van der Waals surface area contributed by atoms with Gasteiger partial charge in [-0.3, -0.25) is 4.90 Å². The number of carbonyl (C=O) groups is 2. The van der Waals surface area contributed by atoms with Gasteiger partial charge in [0.1, 0.15) is 5.60 Å². The van der Waals surface area contributed by atoms with Gasteiger partial charge < -0.3 is 9.84 Å². The number of halogens is 1. The van der Waals surface area contributed by atoms with Crippen molar-refractivity contribution >= 4 is 12.1 Å². The normalized spacial score (nSPS) is 25.6. The van der Waals surface area contributed by atoms with Crippen LogP contribution in [-0.4, -0.2) is 40.0 Å². The van der Waals surface area contributed by atoms with Gasteiger partial charge in [-0.05, 0) is 27.2 Å². The van der Waals surface area contributed by atoms with E-state index >= 15 is 0 Å². The van der Waals surface area contributed by atoms with Crippen LogP contribution < -0.4 is 0 Å². The van der Waals surface area contributed by atoms with E-state index in [4.69, 9.17) is 9.84 Å². The van der Waals surface area contributed by atoms with Crippen molar-refractivity contribution in [2.24, 2.45) is 0 Å². The molecule has 0 aromatic heterocycles. The summed E-state index contributed by atoms with van der Waals surface area (Å²) < 4.78 is 18.9. The molecule has 1 N–H and O–H groups in total. The molecule has 1 aliphatic heterocycles. The molecule has 16 heavy (non-hydrogen) atoms. The summed E-state index contributed by atoms with van der Waals surface area (Å²) in [6, 6.07) is 0. The van der Waals surface area contributed by atoms with E-state index in [1.54, 1.807) is 20.8 Å². The summed E-state index contributed by atoms with van der Waals surface area (Å²) in [4.78, 5) is 23.0. The topological polar surface area (TPSA) is 66.8 Å². The number of aliphatic carboxylic acids is 1. The Labute approximate surface area is 93.2 Å². The first kappa shape index (κ1) is 12.7.